The molecule has 1 N–H and O–H groups in total. The van der Waals surface area contributed by atoms with Crippen LogP contribution in [0.3, 0.4) is 0 Å². The third-order valence-electron chi connectivity index (χ3n) is 4.71. The Labute approximate surface area is 164 Å². The Kier molecular flexibility index (Phi) is 6.46. The van der Waals surface area contributed by atoms with Crippen LogP contribution in [0, 0.1) is 18.3 Å². The molecule has 0 radical (unpaired) electrons. The van der Waals surface area contributed by atoms with Gasteiger partial charge in [0.05, 0.1) is 10.8 Å². The van der Waals surface area contributed by atoms with Crippen LogP contribution in [0.4, 0.5) is 5.82 Å². The molecule has 6 heteroatoms. The summed E-state index contributed by atoms with van der Waals surface area (Å²) < 4.78 is 0. The van der Waals surface area contributed by atoms with Crippen molar-refractivity contribution in [3.63, 3.8) is 0 Å². The number of aromatic nitrogens is 2. The predicted octanol–water partition coefficient (Wildman–Crippen LogP) is 4.44. The van der Waals surface area contributed by atoms with Crippen molar-refractivity contribution >= 4 is 23.5 Å². The first-order valence-corrected chi connectivity index (χ1v) is 10.3. The van der Waals surface area contributed by atoms with Crippen molar-refractivity contribution in [2.24, 2.45) is 0 Å². The third-order valence-corrected chi connectivity index (χ3v) is 5.81. The van der Waals surface area contributed by atoms with E-state index in [1.54, 1.807) is 12.3 Å². The minimum Gasteiger partial charge on any atom is -0.310 e. The molecule has 0 spiro atoms. The summed E-state index contributed by atoms with van der Waals surface area (Å²) in [7, 11) is 0. The first kappa shape index (κ1) is 19.4. The Morgan fingerprint density at radius 1 is 1.26 bits per heavy atom. The van der Waals surface area contributed by atoms with E-state index in [-0.39, 0.29) is 11.2 Å². The normalized spacial score (nSPS) is 15.0. The van der Waals surface area contributed by atoms with Gasteiger partial charge in [-0.1, -0.05) is 30.7 Å². The third kappa shape index (κ3) is 5.08. The maximum Gasteiger partial charge on any atom is 0.238 e. The lowest BCUT2D eigenvalue weighted by Crippen LogP contribution is -2.23. The molecule has 1 amide bonds. The van der Waals surface area contributed by atoms with Crippen molar-refractivity contribution < 1.29 is 4.79 Å². The molecule has 1 aliphatic carbocycles. The molecule has 27 heavy (non-hydrogen) atoms. The number of pyridine rings is 2. The number of anilines is 1. The Morgan fingerprint density at radius 3 is 2.74 bits per heavy atom. The molecule has 0 fully saturated rings. The monoisotopic (exact) mass is 380 g/mol. The molecule has 1 aliphatic rings. The first-order valence-electron chi connectivity index (χ1n) is 9.40. The van der Waals surface area contributed by atoms with Crippen molar-refractivity contribution in [2.75, 3.05) is 5.32 Å². The fourth-order valence-corrected chi connectivity index (χ4v) is 4.02. The second-order valence-corrected chi connectivity index (χ2v) is 8.27. The zero-order chi connectivity index (χ0) is 19.2. The summed E-state index contributed by atoms with van der Waals surface area (Å²) in [6.07, 6.45) is 8.39. The number of hydrogen-bond acceptors (Lipinski definition) is 5. The molecule has 1 unspecified atom stereocenters. The molecular formula is C21H24N4OS. The number of rotatable bonds is 4. The van der Waals surface area contributed by atoms with Gasteiger partial charge in [0.25, 0.3) is 0 Å². The minimum absolute atomic E-state index is 0.145. The molecule has 2 aromatic rings. The molecule has 0 bridgehead atoms. The number of nitrogens with one attached hydrogen (secondary N) is 1. The van der Waals surface area contributed by atoms with Crippen LogP contribution in [0.1, 0.15) is 55.0 Å². The van der Waals surface area contributed by atoms with E-state index in [2.05, 4.69) is 16.4 Å². The molecule has 0 saturated heterocycles. The number of hydrogen-bond donors (Lipinski definition) is 1. The van der Waals surface area contributed by atoms with Gasteiger partial charge in [-0.25, -0.2) is 9.97 Å². The highest BCUT2D eigenvalue weighted by Gasteiger charge is 2.20. The van der Waals surface area contributed by atoms with E-state index in [0.29, 0.717) is 16.4 Å². The van der Waals surface area contributed by atoms with E-state index in [4.69, 9.17) is 4.98 Å². The maximum absolute atomic E-state index is 12.5. The summed E-state index contributed by atoms with van der Waals surface area (Å²) in [6, 6.07) is 7.92. The molecule has 1 atom stereocenters. The largest absolute Gasteiger partial charge is 0.310 e. The number of nitrogens with zero attached hydrogens (tertiary/aromatic N) is 3. The predicted molar refractivity (Wildman–Crippen MR) is 108 cm³/mol. The molecule has 0 aliphatic heterocycles. The first-order chi connectivity index (χ1) is 13.1. The van der Waals surface area contributed by atoms with Crippen molar-refractivity contribution in [1.82, 2.24) is 9.97 Å². The number of carbonyl (C=O) groups is 1. The lowest BCUT2D eigenvalue weighted by molar-refractivity contribution is -0.115. The number of carbonyl (C=O) groups excluding carboxylic acids is 1. The average molecular weight is 381 g/mol. The number of amides is 1. The molecule has 2 aromatic heterocycles. The summed E-state index contributed by atoms with van der Waals surface area (Å²) in [5, 5.41) is 12.6. The molecule has 0 saturated carbocycles. The van der Waals surface area contributed by atoms with Crippen molar-refractivity contribution in [3.8, 4) is 6.07 Å². The summed E-state index contributed by atoms with van der Waals surface area (Å²) in [5.41, 5.74) is 3.88. The molecule has 3 rings (SSSR count). The molecule has 2 heterocycles. The van der Waals surface area contributed by atoms with E-state index in [1.807, 2.05) is 26.0 Å². The van der Waals surface area contributed by atoms with Gasteiger partial charge in [0.15, 0.2) is 0 Å². The standard InChI is InChI=1S/C21H24N4OS/c1-14-9-10-19(23-13-14)25-20(26)15(2)27-21-17(12-22)11-16-7-5-3-4-6-8-18(16)24-21/h9-11,13,15H,3-8H2,1-2H3,(H,23,25,26). The van der Waals surface area contributed by atoms with Gasteiger partial charge in [-0.3, -0.25) is 4.79 Å². The van der Waals surface area contributed by atoms with E-state index >= 15 is 0 Å². The van der Waals surface area contributed by atoms with Gasteiger partial charge in [-0.05, 0) is 62.8 Å². The Hall–Kier alpha value is -2.39. The number of thioether (sulfide) groups is 1. The van der Waals surface area contributed by atoms with Gasteiger partial charge >= 0.3 is 0 Å². The zero-order valence-electron chi connectivity index (χ0n) is 15.8. The van der Waals surface area contributed by atoms with Crippen molar-refractivity contribution in [1.29, 1.82) is 5.26 Å². The number of aryl methyl sites for hydroxylation is 3. The highest BCUT2D eigenvalue weighted by atomic mass is 32.2. The highest BCUT2D eigenvalue weighted by molar-refractivity contribution is 8.00. The van der Waals surface area contributed by atoms with Crippen LogP contribution in [-0.4, -0.2) is 21.1 Å². The van der Waals surface area contributed by atoms with Crippen LogP contribution < -0.4 is 5.32 Å². The molecule has 140 valence electrons. The Morgan fingerprint density at radius 2 is 2.04 bits per heavy atom. The van der Waals surface area contributed by atoms with Crippen molar-refractivity contribution in [3.05, 3.63) is 46.8 Å². The van der Waals surface area contributed by atoms with Crippen LogP contribution in [0.25, 0.3) is 0 Å². The summed E-state index contributed by atoms with van der Waals surface area (Å²) >= 11 is 1.34. The molecule has 0 aromatic carbocycles. The number of fused-ring (bicyclic) bond motifs is 1. The summed E-state index contributed by atoms with van der Waals surface area (Å²) in [5.74, 6) is 0.387. The van der Waals surface area contributed by atoms with Crippen LogP contribution in [0.2, 0.25) is 0 Å². The Bertz CT molecular complexity index is 858. The van der Waals surface area contributed by atoms with Gasteiger partial charge in [0.2, 0.25) is 5.91 Å². The second kappa shape index (κ2) is 9.01. The molecule has 5 nitrogen and oxygen atoms in total. The lowest BCUT2D eigenvalue weighted by atomic mass is 9.96. The van der Waals surface area contributed by atoms with Gasteiger partial charge in [-0.2, -0.15) is 5.26 Å². The fourth-order valence-electron chi connectivity index (χ4n) is 3.13. The van der Waals surface area contributed by atoms with E-state index < -0.39 is 0 Å². The van der Waals surface area contributed by atoms with E-state index in [0.717, 1.165) is 36.9 Å². The van der Waals surface area contributed by atoms with Gasteiger partial charge in [0, 0.05) is 11.9 Å². The van der Waals surface area contributed by atoms with Gasteiger partial charge in [-0.15, -0.1) is 0 Å². The quantitative estimate of drug-likeness (QED) is 0.794. The fraction of sp³-hybridized carbons (Fsp3) is 0.429. The summed E-state index contributed by atoms with van der Waals surface area (Å²) in [6.45, 7) is 3.78. The summed E-state index contributed by atoms with van der Waals surface area (Å²) in [4.78, 5) is 21.5. The van der Waals surface area contributed by atoms with Crippen LogP contribution >= 0.6 is 11.8 Å². The average Bonchev–Trinajstić information content (AvgIpc) is 2.64. The Balaban J connectivity index is 1.75. The minimum atomic E-state index is -0.376. The van der Waals surface area contributed by atoms with Crippen LogP contribution in [0.5, 0.6) is 0 Å². The van der Waals surface area contributed by atoms with Crippen LogP contribution in [-0.2, 0) is 17.6 Å². The van der Waals surface area contributed by atoms with Gasteiger partial charge < -0.3 is 5.32 Å². The van der Waals surface area contributed by atoms with E-state index in [9.17, 15) is 10.1 Å². The SMILES string of the molecule is Cc1ccc(NC(=O)C(C)Sc2nc3c(cc2C#N)CCCCCC3)nc1. The lowest BCUT2D eigenvalue weighted by Gasteiger charge is -2.17. The van der Waals surface area contributed by atoms with Gasteiger partial charge in [0.1, 0.15) is 16.9 Å². The zero-order valence-corrected chi connectivity index (χ0v) is 16.6. The van der Waals surface area contributed by atoms with E-state index in [1.165, 1.54) is 30.2 Å². The molecular weight excluding hydrogens is 356 g/mol. The van der Waals surface area contributed by atoms with Crippen molar-refractivity contribution in [2.45, 2.75) is 62.6 Å². The van der Waals surface area contributed by atoms with Crippen LogP contribution in [0.15, 0.2) is 29.4 Å². The number of nitriles is 1. The second-order valence-electron chi connectivity index (χ2n) is 6.94. The smallest absolute Gasteiger partial charge is 0.238 e. The maximum atomic E-state index is 12.5. The highest BCUT2D eigenvalue weighted by Crippen LogP contribution is 2.29. The topological polar surface area (TPSA) is 78.7 Å².